The number of pyridine rings is 2. The number of rotatable bonds is 6. The summed E-state index contributed by atoms with van der Waals surface area (Å²) in [5.74, 6) is -0.582. The first-order chi connectivity index (χ1) is 19.4. The van der Waals surface area contributed by atoms with E-state index in [2.05, 4.69) is 56.8 Å². The van der Waals surface area contributed by atoms with Gasteiger partial charge in [-0.1, -0.05) is 42.5 Å². The van der Waals surface area contributed by atoms with Gasteiger partial charge >= 0.3 is 0 Å². The second-order valence-electron chi connectivity index (χ2n) is 11.0. The van der Waals surface area contributed by atoms with Gasteiger partial charge in [-0.15, -0.1) is 10.2 Å². The van der Waals surface area contributed by atoms with E-state index in [4.69, 9.17) is 20.2 Å². The predicted molar refractivity (Wildman–Crippen MR) is 155 cm³/mol. The van der Waals surface area contributed by atoms with E-state index in [0.717, 1.165) is 76.4 Å². The Morgan fingerprint density at radius 2 is 1.88 bits per heavy atom. The van der Waals surface area contributed by atoms with Crippen LogP contribution < -0.4 is 11.1 Å². The quantitative estimate of drug-likeness (QED) is 0.355. The number of nitrogens with one attached hydrogen (secondary N) is 1. The molecular weight excluding hydrogens is 502 g/mol. The molecule has 40 heavy (non-hydrogen) atoms. The van der Waals surface area contributed by atoms with Gasteiger partial charge in [0, 0.05) is 50.2 Å². The number of hydrogen-bond acceptors (Lipinski definition) is 8. The van der Waals surface area contributed by atoms with Crippen LogP contribution in [0.3, 0.4) is 0 Å². The molecule has 1 aromatic carbocycles. The van der Waals surface area contributed by atoms with E-state index in [1.165, 1.54) is 0 Å². The summed E-state index contributed by atoms with van der Waals surface area (Å²) in [6, 6.07) is 14.5. The topological polar surface area (TPSA) is 103 Å². The number of methoxy groups -OCH3 is 2. The van der Waals surface area contributed by atoms with E-state index < -0.39 is 5.79 Å². The fourth-order valence-corrected chi connectivity index (χ4v) is 6.12. The summed E-state index contributed by atoms with van der Waals surface area (Å²) in [5, 5.41) is 13.4. The van der Waals surface area contributed by atoms with Crippen LogP contribution in [0.2, 0.25) is 0 Å². The zero-order valence-electron chi connectivity index (χ0n) is 23.0. The Balaban J connectivity index is 1.42. The Labute approximate surface area is 233 Å². The SMILES string of the molecule is COC1(OC)C=C(C2(N)CCC2)C=CC1c1nc2ccn3c(C4=CN(C)CN4)nnc3c2cc1-c1ccccc1. The Morgan fingerprint density at radius 1 is 1.07 bits per heavy atom. The number of nitrogens with two attached hydrogens (primary N) is 1. The number of aromatic nitrogens is 4. The molecular formula is C31H33N7O2. The summed E-state index contributed by atoms with van der Waals surface area (Å²) in [6.45, 7) is 0.734. The number of ether oxygens (including phenoxy) is 2. The van der Waals surface area contributed by atoms with Gasteiger partial charge in [0.25, 0.3) is 0 Å². The summed E-state index contributed by atoms with van der Waals surface area (Å²) in [7, 11) is 5.39. The molecule has 1 unspecified atom stereocenters. The van der Waals surface area contributed by atoms with Crippen LogP contribution in [0.4, 0.5) is 0 Å². The smallest absolute Gasteiger partial charge is 0.200 e. The lowest BCUT2D eigenvalue weighted by Gasteiger charge is -2.44. The van der Waals surface area contributed by atoms with Crippen molar-refractivity contribution in [3.8, 4) is 11.1 Å². The lowest BCUT2D eigenvalue weighted by Crippen LogP contribution is -2.50. The van der Waals surface area contributed by atoms with Crippen molar-refractivity contribution in [1.82, 2.24) is 29.8 Å². The molecule has 1 saturated carbocycles. The van der Waals surface area contributed by atoms with Crippen LogP contribution >= 0.6 is 0 Å². The van der Waals surface area contributed by atoms with Crippen molar-refractivity contribution < 1.29 is 9.47 Å². The van der Waals surface area contributed by atoms with E-state index in [1.54, 1.807) is 14.2 Å². The molecule has 0 amide bonds. The molecule has 3 N–H and O–H groups in total. The van der Waals surface area contributed by atoms with Gasteiger partial charge < -0.3 is 25.4 Å². The highest BCUT2D eigenvalue weighted by molar-refractivity contribution is 5.95. The van der Waals surface area contributed by atoms with Crippen molar-refractivity contribution >= 4 is 22.2 Å². The summed E-state index contributed by atoms with van der Waals surface area (Å²) >= 11 is 0. The van der Waals surface area contributed by atoms with E-state index in [0.29, 0.717) is 0 Å². The molecule has 204 valence electrons. The zero-order valence-corrected chi connectivity index (χ0v) is 23.0. The average Bonchev–Trinajstić information content (AvgIpc) is 3.61. The van der Waals surface area contributed by atoms with E-state index in [9.17, 15) is 0 Å². The van der Waals surface area contributed by atoms with Gasteiger partial charge in [-0.3, -0.25) is 9.38 Å². The predicted octanol–water partition coefficient (Wildman–Crippen LogP) is 4.19. The molecule has 9 heteroatoms. The maximum Gasteiger partial charge on any atom is 0.200 e. The molecule has 7 rings (SSSR count). The van der Waals surface area contributed by atoms with E-state index in [1.807, 2.05) is 48.1 Å². The third-order valence-electron chi connectivity index (χ3n) is 8.61. The van der Waals surface area contributed by atoms with Crippen molar-refractivity contribution in [3.05, 3.63) is 90.2 Å². The van der Waals surface area contributed by atoms with Gasteiger partial charge in [-0.25, -0.2) is 0 Å². The highest BCUT2D eigenvalue weighted by Crippen LogP contribution is 2.46. The molecule has 4 heterocycles. The highest BCUT2D eigenvalue weighted by Gasteiger charge is 2.46. The van der Waals surface area contributed by atoms with Gasteiger partial charge in [0.1, 0.15) is 0 Å². The van der Waals surface area contributed by atoms with Crippen LogP contribution in [0.25, 0.3) is 33.4 Å². The minimum atomic E-state index is -1.05. The van der Waals surface area contributed by atoms with Gasteiger partial charge in [0.2, 0.25) is 0 Å². The summed E-state index contributed by atoms with van der Waals surface area (Å²) < 4.78 is 14.3. The molecule has 9 nitrogen and oxygen atoms in total. The first-order valence-corrected chi connectivity index (χ1v) is 13.7. The summed E-state index contributed by atoms with van der Waals surface area (Å²) in [5.41, 5.74) is 12.9. The van der Waals surface area contributed by atoms with Crippen LogP contribution in [0.15, 0.2) is 78.7 Å². The average molecular weight is 536 g/mol. The molecule has 0 bridgehead atoms. The Bertz CT molecular complexity index is 1700. The fraction of sp³-hybridized carbons (Fsp3) is 0.323. The number of nitrogens with zero attached hydrogens (tertiary/aromatic N) is 5. The third kappa shape index (κ3) is 3.76. The van der Waals surface area contributed by atoms with Crippen molar-refractivity contribution in [3.63, 3.8) is 0 Å². The summed E-state index contributed by atoms with van der Waals surface area (Å²) in [6.07, 6.45) is 13.4. The second-order valence-corrected chi connectivity index (χ2v) is 11.0. The van der Waals surface area contributed by atoms with Crippen LogP contribution in [0.5, 0.6) is 0 Å². The minimum Gasteiger partial charge on any atom is -0.364 e. The highest BCUT2D eigenvalue weighted by atomic mass is 16.7. The standard InChI is InChI=1S/C31H33N7O2/c1-37-18-26(33-19-37)29-36-35-28-23-16-22(20-8-5-4-6-9-20)27(34-25(23)12-15-38(28)29)24-11-10-21(30(32)13-7-14-30)17-31(24,39-2)40-3/h4-6,8-12,15-18,24,33H,7,13-14,19,32H2,1-3H3. The molecule has 1 fully saturated rings. The molecule has 2 aliphatic carbocycles. The fourth-order valence-electron chi connectivity index (χ4n) is 6.12. The van der Waals surface area contributed by atoms with Crippen molar-refractivity contribution in [1.29, 1.82) is 0 Å². The number of benzene rings is 1. The van der Waals surface area contributed by atoms with Crippen LogP contribution in [0.1, 0.15) is 36.7 Å². The van der Waals surface area contributed by atoms with Gasteiger partial charge in [-0.2, -0.15) is 0 Å². The normalized spacial score (nSPS) is 21.3. The number of fused-ring (bicyclic) bond motifs is 3. The Morgan fingerprint density at radius 3 is 2.55 bits per heavy atom. The molecule has 0 spiro atoms. The van der Waals surface area contributed by atoms with Crippen LogP contribution in [-0.4, -0.2) is 63.7 Å². The molecule has 1 atom stereocenters. The zero-order chi connectivity index (χ0) is 27.5. The number of hydrogen-bond donors (Lipinski definition) is 2. The minimum absolute atomic E-state index is 0.303. The molecule has 4 aromatic rings. The van der Waals surface area contributed by atoms with Crippen molar-refractivity contribution in [2.45, 2.75) is 36.5 Å². The molecule has 3 aliphatic rings. The second kappa shape index (κ2) is 9.26. The monoisotopic (exact) mass is 535 g/mol. The molecule has 1 aliphatic heterocycles. The third-order valence-corrected chi connectivity index (χ3v) is 8.61. The largest absolute Gasteiger partial charge is 0.364 e. The van der Waals surface area contributed by atoms with Crippen LogP contribution in [0, 0.1) is 0 Å². The summed E-state index contributed by atoms with van der Waals surface area (Å²) in [4.78, 5) is 7.34. The maximum atomic E-state index is 6.72. The Hall–Kier alpha value is -4.05. The van der Waals surface area contributed by atoms with E-state index in [-0.39, 0.29) is 11.5 Å². The van der Waals surface area contributed by atoms with Gasteiger partial charge in [-0.05, 0) is 48.6 Å². The molecule has 0 radical (unpaired) electrons. The first kappa shape index (κ1) is 25.0. The van der Waals surface area contributed by atoms with Crippen LogP contribution in [-0.2, 0) is 9.47 Å². The molecule has 0 saturated heterocycles. The lowest BCUT2D eigenvalue weighted by molar-refractivity contribution is -0.180. The van der Waals surface area contributed by atoms with E-state index >= 15 is 0 Å². The van der Waals surface area contributed by atoms with Crippen molar-refractivity contribution in [2.75, 3.05) is 27.9 Å². The Kier molecular flexibility index (Phi) is 5.78. The van der Waals surface area contributed by atoms with Gasteiger partial charge in [0.15, 0.2) is 17.3 Å². The van der Waals surface area contributed by atoms with Gasteiger partial charge in [0.05, 0.1) is 29.5 Å². The van der Waals surface area contributed by atoms with Crippen molar-refractivity contribution in [2.24, 2.45) is 5.73 Å². The maximum absolute atomic E-state index is 6.72. The first-order valence-electron chi connectivity index (χ1n) is 13.7. The lowest BCUT2D eigenvalue weighted by atomic mass is 9.69. The molecule has 3 aromatic heterocycles.